The molecule has 6 nitrogen and oxygen atoms in total. The van der Waals surface area contributed by atoms with Gasteiger partial charge in [0.25, 0.3) is 0 Å². The fourth-order valence-electron chi connectivity index (χ4n) is 3.58. The molecule has 0 atom stereocenters. The van der Waals surface area contributed by atoms with Crippen LogP contribution < -0.4 is 9.47 Å². The molecular weight excluding hydrogens is 460 g/mol. The summed E-state index contributed by atoms with van der Waals surface area (Å²) in [5.74, 6) is 1.57. The highest BCUT2D eigenvalue weighted by Gasteiger charge is 2.15. The molecule has 0 saturated carbocycles. The molecule has 6 aromatic rings. The SMILES string of the molecule is COc1ccc(Br)c2oc3cccnc3c12.COc1cccc2oc3cccnc3c12. The van der Waals surface area contributed by atoms with E-state index in [1.54, 1.807) is 26.6 Å². The molecule has 0 aliphatic heterocycles. The number of benzene rings is 2. The van der Waals surface area contributed by atoms with Gasteiger partial charge in [-0.05, 0) is 64.5 Å². The molecule has 31 heavy (non-hydrogen) atoms. The molecule has 7 heteroatoms. The molecule has 154 valence electrons. The first-order valence-electron chi connectivity index (χ1n) is 9.51. The van der Waals surface area contributed by atoms with Gasteiger partial charge in [0.05, 0.1) is 29.5 Å². The van der Waals surface area contributed by atoms with E-state index in [9.17, 15) is 0 Å². The summed E-state index contributed by atoms with van der Waals surface area (Å²) in [4.78, 5) is 8.63. The van der Waals surface area contributed by atoms with Crippen molar-refractivity contribution in [2.24, 2.45) is 0 Å². The second kappa shape index (κ2) is 7.92. The van der Waals surface area contributed by atoms with Crippen LogP contribution in [0.5, 0.6) is 11.5 Å². The Morgan fingerprint density at radius 3 is 2.00 bits per heavy atom. The summed E-state index contributed by atoms with van der Waals surface area (Å²) < 4.78 is 22.9. The van der Waals surface area contributed by atoms with Gasteiger partial charge in [-0.2, -0.15) is 0 Å². The monoisotopic (exact) mass is 476 g/mol. The molecule has 4 aromatic heterocycles. The minimum Gasteiger partial charge on any atom is -0.496 e. The molecule has 2 aromatic carbocycles. The summed E-state index contributed by atoms with van der Waals surface area (Å²) >= 11 is 3.46. The molecule has 0 saturated heterocycles. The number of ether oxygens (including phenoxy) is 2. The molecule has 0 spiro atoms. The van der Waals surface area contributed by atoms with E-state index in [0.717, 1.165) is 60.1 Å². The van der Waals surface area contributed by atoms with Crippen LogP contribution in [0.4, 0.5) is 0 Å². The van der Waals surface area contributed by atoms with Crippen LogP contribution >= 0.6 is 15.9 Å². The Morgan fingerprint density at radius 1 is 0.677 bits per heavy atom. The molecule has 0 bridgehead atoms. The number of rotatable bonds is 2. The molecule has 0 N–H and O–H groups in total. The van der Waals surface area contributed by atoms with E-state index < -0.39 is 0 Å². The molecule has 4 heterocycles. The first-order chi connectivity index (χ1) is 15.2. The maximum atomic E-state index is 5.74. The molecule has 0 unspecified atom stereocenters. The maximum absolute atomic E-state index is 5.74. The Morgan fingerprint density at radius 2 is 1.29 bits per heavy atom. The number of nitrogens with zero attached hydrogens (tertiary/aromatic N) is 2. The molecular formula is C24H17BrN2O4. The lowest BCUT2D eigenvalue weighted by Gasteiger charge is -2.01. The van der Waals surface area contributed by atoms with E-state index in [-0.39, 0.29) is 0 Å². The van der Waals surface area contributed by atoms with Crippen molar-refractivity contribution in [3.8, 4) is 11.5 Å². The first-order valence-corrected chi connectivity index (χ1v) is 10.3. The third-order valence-electron chi connectivity index (χ3n) is 4.95. The Hall–Kier alpha value is -3.58. The number of pyridine rings is 2. The highest BCUT2D eigenvalue weighted by Crippen LogP contribution is 2.38. The third-order valence-corrected chi connectivity index (χ3v) is 5.57. The summed E-state index contributed by atoms with van der Waals surface area (Å²) in [6.45, 7) is 0. The van der Waals surface area contributed by atoms with Crippen LogP contribution in [-0.2, 0) is 0 Å². The van der Waals surface area contributed by atoms with E-state index in [0.29, 0.717) is 0 Å². The number of halogens is 1. The van der Waals surface area contributed by atoms with Gasteiger partial charge < -0.3 is 18.3 Å². The Bertz CT molecular complexity index is 1540. The predicted octanol–water partition coefficient (Wildman–Crippen LogP) is 6.74. The fraction of sp³-hybridized carbons (Fsp3) is 0.0833. The van der Waals surface area contributed by atoms with Crippen molar-refractivity contribution in [2.45, 2.75) is 0 Å². The van der Waals surface area contributed by atoms with Crippen LogP contribution in [-0.4, -0.2) is 24.2 Å². The number of hydrogen-bond acceptors (Lipinski definition) is 6. The minimum absolute atomic E-state index is 0.766. The summed E-state index contributed by atoms with van der Waals surface area (Å²) in [6.07, 6.45) is 3.50. The average molecular weight is 477 g/mol. The van der Waals surface area contributed by atoms with E-state index in [1.165, 1.54) is 0 Å². The quantitative estimate of drug-likeness (QED) is 0.275. The fourth-order valence-corrected chi connectivity index (χ4v) is 3.99. The van der Waals surface area contributed by atoms with Gasteiger partial charge in [-0.3, -0.25) is 9.97 Å². The summed E-state index contributed by atoms with van der Waals surface area (Å²) in [5.41, 5.74) is 4.82. The molecule has 0 amide bonds. The van der Waals surface area contributed by atoms with E-state index in [1.807, 2.05) is 54.6 Å². The smallest absolute Gasteiger partial charge is 0.155 e. The van der Waals surface area contributed by atoms with Crippen molar-refractivity contribution in [1.29, 1.82) is 0 Å². The number of fused-ring (bicyclic) bond motifs is 6. The highest BCUT2D eigenvalue weighted by atomic mass is 79.9. The predicted molar refractivity (Wildman–Crippen MR) is 124 cm³/mol. The molecule has 0 fully saturated rings. The molecule has 0 radical (unpaired) electrons. The van der Waals surface area contributed by atoms with Crippen molar-refractivity contribution in [1.82, 2.24) is 9.97 Å². The van der Waals surface area contributed by atoms with Gasteiger partial charge in [-0.15, -0.1) is 0 Å². The standard InChI is InChI=1S/C12H8BrNO2.C12H9NO2/c1-15-8-5-4-7(13)12-10(8)11-9(16-12)3-2-6-14-11;1-14-8-4-2-5-9-11(8)12-10(15-9)6-3-7-13-12/h2-6H,1H3;2-7H,1H3. The molecule has 6 rings (SSSR count). The highest BCUT2D eigenvalue weighted by molar-refractivity contribution is 9.10. The van der Waals surface area contributed by atoms with Crippen molar-refractivity contribution in [3.63, 3.8) is 0 Å². The number of hydrogen-bond donors (Lipinski definition) is 0. The van der Waals surface area contributed by atoms with E-state index in [2.05, 4.69) is 25.9 Å². The first kappa shape index (κ1) is 19.4. The molecule has 0 aliphatic rings. The van der Waals surface area contributed by atoms with Crippen LogP contribution in [0, 0.1) is 0 Å². The lowest BCUT2D eigenvalue weighted by Crippen LogP contribution is -1.84. The normalized spacial score (nSPS) is 11.1. The van der Waals surface area contributed by atoms with Gasteiger partial charge in [0.1, 0.15) is 28.1 Å². The number of aromatic nitrogens is 2. The Kier molecular flexibility index (Phi) is 4.95. The van der Waals surface area contributed by atoms with Crippen molar-refractivity contribution >= 4 is 60.1 Å². The van der Waals surface area contributed by atoms with Crippen molar-refractivity contribution < 1.29 is 18.3 Å². The average Bonchev–Trinajstić information content (AvgIpc) is 3.39. The van der Waals surface area contributed by atoms with Gasteiger partial charge in [0.2, 0.25) is 0 Å². The van der Waals surface area contributed by atoms with Crippen LogP contribution in [0.15, 0.2) is 80.3 Å². The lowest BCUT2D eigenvalue weighted by molar-refractivity contribution is 0.419. The second-order valence-electron chi connectivity index (χ2n) is 6.69. The van der Waals surface area contributed by atoms with Crippen LogP contribution in [0.3, 0.4) is 0 Å². The van der Waals surface area contributed by atoms with Gasteiger partial charge in [0.15, 0.2) is 16.7 Å². The molecule has 0 aliphatic carbocycles. The van der Waals surface area contributed by atoms with Gasteiger partial charge >= 0.3 is 0 Å². The Labute approximate surface area is 185 Å². The zero-order valence-corrected chi connectivity index (χ0v) is 18.3. The zero-order valence-electron chi connectivity index (χ0n) is 16.8. The second-order valence-corrected chi connectivity index (χ2v) is 7.55. The zero-order chi connectivity index (χ0) is 21.4. The summed E-state index contributed by atoms with van der Waals surface area (Å²) in [5, 5.41) is 1.85. The topological polar surface area (TPSA) is 70.5 Å². The van der Waals surface area contributed by atoms with Crippen molar-refractivity contribution in [2.75, 3.05) is 14.2 Å². The lowest BCUT2D eigenvalue weighted by atomic mass is 10.2. The summed E-state index contributed by atoms with van der Waals surface area (Å²) in [6, 6.07) is 17.0. The van der Waals surface area contributed by atoms with E-state index in [4.69, 9.17) is 18.3 Å². The van der Waals surface area contributed by atoms with Gasteiger partial charge in [-0.25, -0.2) is 0 Å². The summed E-state index contributed by atoms with van der Waals surface area (Å²) in [7, 11) is 3.29. The van der Waals surface area contributed by atoms with Gasteiger partial charge in [-0.1, -0.05) is 6.07 Å². The number of methoxy groups -OCH3 is 2. The van der Waals surface area contributed by atoms with Crippen LogP contribution in [0.2, 0.25) is 0 Å². The number of furan rings is 2. The van der Waals surface area contributed by atoms with Gasteiger partial charge in [0, 0.05) is 12.4 Å². The van der Waals surface area contributed by atoms with Crippen LogP contribution in [0.1, 0.15) is 0 Å². The minimum atomic E-state index is 0.766. The van der Waals surface area contributed by atoms with Crippen LogP contribution in [0.25, 0.3) is 44.1 Å². The van der Waals surface area contributed by atoms with E-state index >= 15 is 0 Å². The Balaban J connectivity index is 0.000000132. The third kappa shape index (κ3) is 3.27. The largest absolute Gasteiger partial charge is 0.496 e. The van der Waals surface area contributed by atoms with Crippen molar-refractivity contribution in [3.05, 3.63) is 71.5 Å². The maximum Gasteiger partial charge on any atom is 0.155 e.